The molecule has 1 aliphatic heterocycles. The molecule has 1 unspecified atom stereocenters. The lowest BCUT2D eigenvalue weighted by Gasteiger charge is -2.26. The SMILES string of the molecule is CC(=O)N1CCCCCC(S(C)(=O)=O)C1=O. The van der Waals surface area contributed by atoms with E-state index < -0.39 is 21.0 Å². The lowest BCUT2D eigenvalue weighted by Crippen LogP contribution is -2.46. The summed E-state index contributed by atoms with van der Waals surface area (Å²) in [6, 6.07) is 0. The van der Waals surface area contributed by atoms with Gasteiger partial charge >= 0.3 is 0 Å². The first-order valence-corrected chi connectivity index (χ1v) is 7.30. The van der Waals surface area contributed by atoms with Crippen LogP contribution in [0, 0.1) is 0 Å². The van der Waals surface area contributed by atoms with Crippen LogP contribution in [0.2, 0.25) is 0 Å². The molecule has 0 radical (unpaired) electrons. The van der Waals surface area contributed by atoms with Crippen LogP contribution in [0.5, 0.6) is 0 Å². The largest absolute Gasteiger partial charge is 0.282 e. The second-order valence-electron chi connectivity index (χ2n) is 4.18. The maximum Gasteiger partial charge on any atom is 0.247 e. The molecule has 0 aromatic heterocycles. The van der Waals surface area contributed by atoms with Crippen LogP contribution in [-0.4, -0.2) is 43.2 Å². The van der Waals surface area contributed by atoms with Crippen molar-refractivity contribution in [1.29, 1.82) is 0 Å². The third kappa shape index (κ3) is 3.04. The van der Waals surface area contributed by atoms with Gasteiger partial charge in [-0.2, -0.15) is 0 Å². The average Bonchev–Trinajstić information content (AvgIpc) is 2.08. The quantitative estimate of drug-likeness (QED) is 0.670. The highest BCUT2D eigenvalue weighted by Gasteiger charge is 2.34. The van der Waals surface area contributed by atoms with E-state index in [1.54, 1.807) is 0 Å². The third-order valence-corrected chi connectivity index (χ3v) is 4.26. The summed E-state index contributed by atoms with van der Waals surface area (Å²) in [6.45, 7) is 1.62. The van der Waals surface area contributed by atoms with Crippen molar-refractivity contribution >= 4 is 21.7 Å². The minimum Gasteiger partial charge on any atom is -0.282 e. The predicted molar refractivity (Wildman–Crippen MR) is 59.5 cm³/mol. The molecule has 5 nitrogen and oxygen atoms in total. The smallest absolute Gasteiger partial charge is 0.247 e. The van der Waals surface area contributed by atoms with E-state index in [0.29, 0.717) is 13.0 Å². The van der Waals surface area contributed by atoms with Gasteiger partial charge in [0.05, 0.1) is 0 Å². The first-order valence-electron chi connectivity index (χ1n) is 5.35. The highest BCUT2D eigenvalue weighted by Crippen LogP contribution is 2.18. The summed E-state index contributed by atoms with van der Waals surface area (Å²) in [5.41, 5.74) is 0. The summed E-state index contributed by atoms with van der Waals surface area (Å²) in [6.07, 6.45) is 3.69. The minimum absolute atomic E-state index is 0.321. The van der Waals surface area contributed by atoms with Crippen LogP contribution in [0.4, 0.5) is 0 Å². The molecule has 0 aromatic rings. The molecule has 2 amide bonds. The molecule has 0 spiro atoms. The molecule has 92 valence electrons. The normalized spacial score (nSPS) is 23.8. The van der Waals surface area contributed by atoms with Crippen molar-refractivity contribution in [3.05, 3.63) is 0 Å². The van der Waals surface area contributed by atoms with Crippen LogP contribution in [0.25, 0.3) is 0 Å². The number of sulfone groups is 1. The first-order chi connectivity index (χ1) is 7.34. The number of hydrogen-bond acceptors (Lipinski definition) is 4. The van der Waals surface area contributed by atoms with Gasteiger partial charge in [-0.3, -0.25) is 14.5 Å². The molecule has 1 rings (SSSR count). The predicted octanol–water partition coefficient (Wildman–Crippen LogP) is 0.349. The zero-order valence-electron chi connectivity index (χ0n) is 9.60. The van der Waals surface area contributed by atoms with Crippen LogP contribution in [-0.2, 0) is 19.4 Å². The van der Waals surface area contributed by atoms with Crippen molar-refractivity contribution < 1.29 is 18.0 Å². The molecule has 0 aliphatic carbocycles. The van der Waals surface area contributed by atoms with Crippen LogP contribution in [0.3, 0.4) is 0 Å². The van der Waals surface area contributed by atoms with E-state index in [1.165, 1.54) is 6.92 Å². The maximum absolute atomic E-state index is 11.9. The van der Waals surface area contributed by atoms with Gasteiger partial charge in [0.25, 0.3) is 0 Å². The molecule has 1 aliphatic rings. The molecule has 6 heteroatoms. The molecule has 16 heavy (non-hydrogen) atoms. The Morgan fingerprint density at radius 1 is 1.31 bits per heavy atom. The van der Waals surface area contributed by atoms with Crippen LogP contribution in [0.1, 0.15) is 32.6 Å². The number of nitrogens with zero attached hydrogens (tertiary/aromatic N) is 1. The maximum atomic E-state index is 11.9. The fraction of sp³-hybridized carbons (Fsp3) is 0.800. The Bertz CT molecular complexity index is 388. The van der Waals surface area contributed by atoms with E-state index in [0.717, 1.165) is 30.4 Å². The van der Waals surface area contributed by atoms with Gasteiger partial charge in [0.1, 0.15) is 5.25 Å². The minimum atomic E-state index is -3.42. The van der Waals surface area contributed by atoms with Gasteiger partial charge in [0, 0.05) is 19.7 Å². The Hall–Kier alpha value is -0.910. The Morgan fingerprint density at radius 2 is 1.94 bits per heavy atom. The summed E-state index contributed by atoms with van der Waals surface area (Å²) >= 11 is 0. The molecular formula is C10H17NO4S. The fourth-order valence-corrected chi connectivity index (χ4v) is 2.98. The lowest BCUT2D eigenvalue weighted by atomic mass is 10.1. The summed E-state index contributed by atoms with van der Waals surface area (Å²) < 4.78 is 22.9. The number of imide groups is 1. The molecule has 1 saturated heterocycles. The number of carbonyl (C=O) groups is 2. The van der Waals surface area contributed by atoms with Gasteiger partial charge in [0.15, 0.2) is 9.84 Å². The monoisotopic (exact) mass is 247 g/mol. The molecule has 1 heterocycles. The summed E-state index contributed by atoms with van der Waals surface area (Å²) in [5, 5.41) is -1.04. The molecule has 0 saturated carbocycles. The van der Waals surface area contributed by atoms with Gasteiger partial charge in [-0.05, 0) is 12.8 Å². The Labute approximate surface area is 95.7 Å². The summed E-state index contributed by atoms with van der Waals surface area (Å²) in [4.78, 5) is 24.2. The highest BCUT2D eigenvalue weighted by molar-refractivity contribution is 7.92. The van der Waals surface area contributed by atoms with E-state index in [-0.39, 0.29) is 5.91 Å². The van der Waals surface area contributed by atoms with Crippen molar-refractivity contribution in [3.8, 4) is 0 Å². The number of carbonyl (C=O) groups excluding carboxylic acids is 2. The van der Waals surface area contributed by atoms with E-state index in [2.05, 4.69) is 0 Å². The second kappa shape index (κ2) is 4.95. The van der Waals surface area contributed by atoms with Crippen LogP contribution in [0.15, 0.2) is 0 Å². The second-order valence-corrected chi connectivity index (χ2v) is 6.40. The van der Waals surface area contributed by atoms with E-state index in [4.69, 9.17) is 0 Å². The molecule has 0 aromatic carbocycles. The van der Waals surface area contributed by atoms with Gasteiger partial charge in [-0.25, -0.2) is 8.42 Å². The van der Waals surface area contributed by atoms with Crippen molar-refractivity contribution in [2.24, 2.45) is 0 Å². The molecule has 0 bridgehead atoms. The first kappa shape index (κ1) is 13.2. The third-order valence-electron chi connectivity index (χ3n) is 2.79. The summed E-state index contributed by atoms with van der Waals surface area (Å²) in [5.74, 6) is -0.935. The van der Waals surface area contributed by atoms with Crippen molar-refractivity contribution in [2.45, 2.75) is 37.9 Å². The lowest BCUT2D eigenvalue weighted by molar-refractivity contribution is -0.143. The fourth-order valence-electron chi connectivity index (χ4n) is 1.89. The Morgan fingerprint density at radius 3 is 2.44 bits per heavy atom. The molecule has 0 N–H and O–H groups in total. The van der Waals surface area contributed by atoms with Gasteiger partial charge in [0.2, 0.25) is 11.8 Å². The van der Waals surface area contributed by atoms with Gasteiger partial charge in [-0.15, -0.1) is 0 Å². The zero-order valence-corrected chi connectivity index (χ0v) is 10.4. The van der Waals surface area contributed by atoms with E-state index in [1.807, 2.05) is 0 Å². The van der Waals surface area contributed by atoms with Crippen molar-refractivity contribution in [2.75, 3.05) is 12.8 Å². The number of amides is 2. The Kier molecular flexibility index (Phi) is 4.07. The topological polar surface area (TPSA) is 71.5 Å². The Balaban J connectivity index is 2.98. The zero-order chi connectivity index (χ0) is 12.3. The average molecular weight is 247 g/mol. The van der Waals surface area contributed by atoms with Crippen molar-refractivity contribution in [3.63, 3.8) is 0 Å². The van der Waals surface area contributed by atoms with Crippen LogP contribution >= 0.6 is 0 Å². The van der Waals surface area contributed by atoms with Crippen molar-refractivity contribution in [1.82, 2.24) is 4.90 Å². The number of likely N-dealkylation sites (tertiary alicyclic amines) is 1. The highest BCUT2D eigenvalue weighted by atomic mass is 32.2. The van der Waals surface area contributed by atoms with E-state index >= 15 is 0 Å². The van der Waals surface area contributed by atoms with Gasteiger partial charge in [-0.1, -0.05) is 12.8 Å². The summed E-state index contributed by atoms with van der Waals surface area (Å²) in [7, 11) is -3.42. The molecule has 1 atom stereocenters. The van der Waals surface area contributed by atoms with Crippen LogP contribution < -0.4 is 0 Å². The molecular weight excluding hydrogens is 230 g/mol. The number of rotatable bonds is 1. The van der Waals surface area contributed by atoms with Gasteiger partial charge < -0.3 is 0 Å². The standard InChI is InChI=1S/C10H17NO4S/c1-8(12)11-7-5-3-4-6-9(10(11)13)16(2,14)15/h9H,3-7H2,1-2H3. The number of hydrogen-bond donors (Lipinski definition) is 0. The van der Waals surface area contributed by atoms with E-state index in [9.17, 15) is 18.0 Å². The molecule has 1 fully saturated rings.